The number of hydrogen-bond acceptors (Lipinski definition) is 1. The van der Waals surface area contributed by atoms with Gasteiger partial charge in [-0.2, -0.15) is 0 Å². The summed E-state index contributed by atoms with van der Waals surface area (Å²) in [6.07, 6.45) is 7.70. The number of rotatable bonds is 2. The summed E-state index contributed by atoms with van der Waals surface area (Å²) >= 11 is 0. The fourth-order valence-corrected chi connectivity index (χ4v) is 2.57. The van der Waals surface area contributed by atoms with Gasteiger partial charge in [0.2, 0.25) is 0 Å². The van der Waals surface area contributed by atoms with Crippen molar-refractivity contribution in [3.05, 3.63) is 12.2 Å². The van der Waals surface area contributed by atoms with Crippen LogP contribution in [0, 0.1) is 17.8 Å². The van der Waals surface area contributed by atoms with E-state index in [1.807, 2.05) is 0 Å². The molecule has 0 aromatic carbocycles. The van der Waals surface area contributed by atoms with Crippen LogP contribution in [-0.4, -0.2) is 12.1 Å². The van der Waals surface area contributed by atoms with Crippen molar-refractivity contribution in [1.82, 2.24) is 5.32 Å². The van der Waals surface area contributed by atoms with Crippen molar-refractivity contribution in [2.75, 3.05) is 6.54 Å². The monoisotopic (exact) mass is 179 g/mol. The summed E-state index contributed by atoms with van der Waals surface area (Å²) in [4.78, 5) is 0. The fourth-order valence-electron chi connectivity index (χ4n) is 2.57. The van der Waals surface area contributed by atoms with E-state index in [2.05, 4.69) is 38.2 Å². The van der Waals surface area contributed by atoms with Gasteiger partial charge in [0.1, 0.15) is 0 Å². The van der Waals surface area contributed by atoms with Crippen LogP contribution >= 0.6 is 0 Å². The van der Waals surface area contributed by atoms with Crippen LogP contribution in [0.15, 0.2) is 12.2 Å². The molecule has 3 atom stereocenters. The number of allylic oxidation sites excluding steroid dienone is 2. The summed E-state index contributed by atoms with van der Waals surface area (Å²) in [5.41, 5.74) is 0.283. The first-order valence-corrected chi connectivity index (χ1v) is 5.48. The van der Waals surface area contributed by atoms with E-state index >= 15 is 0 Å². The summed E-state index contributed by atoms with van der Waals surface area (Å²) in [5.74, 6) is 2.71. The third-order valence-electron chi connectivity index (χ3n) is 3.31. The summed E-state index contributed by atoms with van der Waals surface area (Å²) < 4.78 is 0. The molecule has 0 aromatic rings. The van der Waals surface area contributed by atoms with Gasteiger partial charge < -0.3 is 5.32 Å². The van der Waals surface area contributed by atoms with Gasteiger partial charge in [0.15, 0.2) is 0 Å². The average molecular weight is 179 g/mol. The number of fused-ring (bicyclic) bond motifs is 2. The van der Waals surface area contributed by atoms with Gasteiger partial charge in [0, 0.05) is 5.54 Å². The van der Waals surface area contributed by atoms with Crippen molar-refractivity contribution in [2.24, 2.45) is 17.8 Å². The van der Waals surface area contributed by atoms with Gasteiger partial charge in [-0.3, -0.25) is 0 Å². The van der Waals surface area contributed by atoms with Crippen LogP contribution in [0.5, 0.6) is 0 Å². The van der Waals surface area contributed by atoms with E-state index < -0.39 is 0 Å². The predicted octanol–water partition coefficient (Wildman–Crippen LogP) is 2.59. The van der Waals surface area contributed by atoms with Crippen LogP contribution in [-0.2, 0) is 0 Å². The van der Waals surface area contributed by atoms with Crippen molar-refractivity contribution in [3.63, 3.8) is 0 Å². The zero-order valence-electron chi connectivity index (χ0n) is 9.01. The summed E-state index contributed by atoms with van der Waals surface area (Å²) in [6, 6.07) is 0. The molecule has 1 saturated carbocycles. The van der Waals surface area contributed by atoms with Gasteiger partial charge in [-0.15, -0.1) is 0 Å². The minimum atomic E-state index is 0.283. The Bertz CT molecular complexity index is 212. The summed E-state index contributed by atoms with van der Waals surface area (Å²) in [5, 5.41) is 3.61. The van der Waals surface area contributed by atoms with E-state index in [0.717, 1.165) is 17.8 Å². The lowest BCUT2D eigenvalue weighted by molar-refractivity contribution is 0.342. The first kappa shape index (κ1) is 9.26. The van der Waals surface area contributed by atoms with Crippen molar-refractivity contribution in [2.45, 2.75) is 39.2 Å². The van der Waals surface area contributed by atoms with E-state index in [-0.39, 0.29) is 5.54 Å². The molecule has 0 heterocycles. The van der Waals surface area contributed by atoms with E-state index in [4.69, 9.17) is 0 Å². The molecule has 0 unspecified atom stereocenters. The van der Waals surface area contributed by atoms with Crippen molar-refractivity contribution < 1.29 is 0 Å². The second-order valence-electron chi connectivity index (χ2n) is 5.67. The second-order valence-corrected chi connectivity index (χ2v) is 5.67. The Hall–Kier alpha value is -0.300. The van der Waals surface area contributed by atoms with Crippen LogP contribution in [0.25, 0.3) is 0 Å². The minimum Gasteiger partial charge on any atom is -0.312 e. The number of hydrogen-bond donors (Lipinski definition) is 1. The van der Waals surface area contributed by atoms with Gasteiger partial charge in [-0.1, -0.05) is 12.2 Å². The molecule has 13 heavy (non-hydrogen) atoms. The molecular formula is C12H21N. The Morgan fingerprint density at radius 2 is 2.00 bits per heavy atom. The lowest BCUT2D eigenvalue weighted by Gasteiger charge is -2.26. The van der Waals surface area contributed by atoms with E-state index in [1.54, 1.807) is 0 Å². The van der Waals surface area contributed by atoms with E-state index in [0.29, 0.717) is 0 Å². The first-order valence-electron chi connectivity index (χ1n) is 5.48. The highest BCUT2D eigenvalue weighted by atomic mass is 14.9. The topological polar surface area (TPSA) is 12.0 Å². The highest BCUT2D eigenvalue weighted by Crippen LogP contribution is 2.43. The molecule has 1 fully saturated rings. The van der Waals surface area contributed by atoms with Crippen molar-refractivity contribution >= 4 is 0 Å². The maximum Gasteiger partial charge on any atom is 0.00966 e. The molecule has 74 valence electrons. The molecule has 1 nitrogen and oxygen atoms in total. The molecule has 0 amide bonds. The Kier molecular flexibility index (Phi) is 2.23. The Labute approximate surface area is 81.6 Å². The van der Waals surface area contributed by atoms with Crippen LogP contribution in [0.4, 0.5) is 0 Å². The molecule has 0 saturated heterocycles. The Morgan fingerprint density at radius 1 is 1.23 bits per heavy atom. The second kappa shape index (κ2) is 3.13. The largest absolute Gasteiger partial charge is 0.312 e. The quantitative estimate of drug-likeness (QED) is 0.642. The Morgan fingerprint density at radius 3 is 2.46 bits per heavy atom. The van der Waals surface area contributed by atoms with Crippen LogP contribution in [0.3, 0.4) is 0 Å². The molecule has 1 N–H and O–H groups in total. The predicted molar refractivity (Wildman–Crippen MR) is 56.6 cm³/mol. The van der Waals surface area contributed by atoms with E-state index in [1.165, 1.54) is 19.4 Å². The molecular weight excluding hydrogens is 158 g/mol. The molecule has 2 rings (SSSR count). The summed E-state index contributed by atoms with van der Waals surface area (Å²) in [6.45, 7) is 7.94. The van der Waals surface area contributed by atoms with Crippen LogP contribution < -0.4 is 5.32 Å². The van der Waals surface area contributed by atoms with Gasteiger partial charge in [-0.05, 0) is 57.9 Å². The molecule has 0 aliphatic heterocycles. The summed E-state index contributed by atoms with van der Waals surface area (Å²) in [7, 11) is 0. The maximum atomic E-state index is 3.61. The average Bonchev–Trinajstić information content (AvgIpc) is 2.58. The molecule has 2 aliphatic rings. The molecule has 1 heteroatoms. The lowest BCUT2D eigenvalue weighted by atomic mass is 9.92. The smallest absolute Gasteiger partial charge is 0.00966 e. The van der Waals surface area contributed by atoms with Gasteiger partial charge in [-0.25, -0.2) is 0 Å². The highest BCUT2D eigenvalue weighted by molar-refractivity contribution is 5.10. The molecule has 2 aliphatic carbocycles. The fraction of sp³-hybridized carbons (Fsp3) is 0.833. The maximum absolute atomic E-state index is 3.61. The molecule has 2 bridgehead atoms. The molecule has 0 radical (unpaired) electrons. The van der Waals surface area contributed by atoms with Crippen LogP contribution in [0.2, 0.25) is 0 Å². The highest BCUT2D eigenvalue weighted by Gasteiger charge is 2.35. The first-order chi connectivity index (χ1) is 6.04. The third kappa shape index (κ3) is 2.14. The minimum absolute atomic E-state index is 0.283. The van der Waals surface area contributed by atoms with Crippen molar-refractivity contribution in [1.29, 1.82) is 0 Å². The zero-order chi connectivity index (χ0) is 9.47. The standard InChI is InChI=1S/C12H21N/c1-12(2,3)13-8-11-7-9-4-5-10(11)6-9/h4-5,9-11,13H,6-8H2,1-3H3/t9-,10-,11+/m0/s1. The zero-order valence-corrected chi connectivity index (χ0v) is 9.01. The van der Waals surface area contributed by atoms with Gasteiger partial charge in [0.05, 0.1) is 0 Å². The molecule has 0 spiro atoms. The number of nitrogens with one attached hydrogen (secondary N) is 1. The van der Waals surface area contributed by atoms with Gasteiger partial charge in [0.25, 0.3) is 0 Å². The van der Waals surface area contributed by atoms with Crippen molar-refractivity contribution in [3.8, 4) is 0 Å². The SMILES string of the molecule is CC(C)(C)NC[C@H]1C[C@H]2C=C[C@H]1C2. The normalized spacial score (nSPS) is 37.3. The molecule has 0 aromatic heterocycles. The lowest BCUT2D eigenvalue weighted by Crippen LogP contribution is -2.39. The Balaban J connectivity index is 1.81. The van der Waals surface area contributed by atoms with Gasteiger partial charge >= 0.3 is 0 Å². The van der Waals surface area contributed by atoms with Crippen LogP contribution in [0.1, 0.15) is 33.6 Å². The third-order valence-corrected chi connectivity index (χ3v) is 3.31. The van der Waals surface area contributed by atoms with E-state index in [9.17, 15) is 0 Å².